The second-order valence-corrected chi connectivity index (χ2v) is 3.03. The highest BCUT2D eigenvalue weighted by molar-refractivity contribution is 5.82. The van der Waals surface area contributed by atoms with Crippen molar-refractivity contribution in [2.24, 2.45) is 5.16 Å². The predicted octanol–water partition coefficient (Wildman–Crippen LogP) is 1.75. The maximum Gasteiger partial charge on any atom is 0.104 e. The van der Waals surface area contributed by atoms with Gasteiger partial charge in [0.1, 0.15) is 5.69 Å². The monoisotopic (exact) mass is 187 g/mol. The van der Waals surface area contributed by atoms with Crippen LogP contribution in [0.1, 0.15) is 11.3 Å². The standard InChI is InChI=1S/C10H9N3O/c1-7-2-3-9-10(4-7)13-8(5-11-9)6-12-14/h2-6,14H,1H3/b12-6+. The van der Waals surface area contributed by atoms with Gasteiger partial charge in [-0.05, 0) is 24.6 Å². The van der Waals surface area contributed by atoms with Gasteiger partial charge in [-0.2, -0.15) is 0 Å². The average Bonchev–Trinajstić information content (AvgIpc) is 2.17. The molecule has 0 atom stereocenters. The molecule has 0 aliphatic heterocycles. The zero-order valence-corrected chi connectivity index (χ0v) is 7.68. The summed E-state index contributed by atoms with van der Waals surface area (Å²) in [6.07, 6.45) is 2.83. The van der Waals surface area contributed by atoms with Crippen molar-refractivity contribution in [3.63, 3.8) is 0 Å². The van der Waals surface area contributed by atoms with Gasteiger partial charge >= 0.3 is 0 Å². The van der Waals surface area contributed by atoms with E-state index in [1.165, 1.54) is 6.21 Å². The molecule has 70 valence electrons. The van der Waals surface area contributed by atoms with Crippen LogP contribution in [0.15, 0.2) is 29.6 Å². The minimum atomic E-state index is 0.547. The van der Waals surface area contributed by atoms with E-state index in [9.17, 15) is 0 Å². The van der Waals surface area contributed by atoms with Gasteiger partial charge in [-0.15, -0.1) is 0 Å². The SMILES string of the molecule is Cc1ccc2ncc(/C=N/O)nc2c1. The second kappa shape index (κ2) is 3.41. The van der Waals surface area contributed by atoms with Crippen LogP contribution >= 0.6 is 0 Å². The Kier molecular flexibility index (Phi) is 2.10. The van der Waals surface area contributed by atoms with E-state index in [0.717, 1.165) is 16.6 Å². The van der Waals surface area contributed by atoms with E-state index < -0.39 is 0 Å². The summed E-state index contributed by atoms with van der Waals surface area (Å²) in [5.74, 6) is 0. The molecule has 0 fully saturated rings. The number of benzene rings is 1. The van der Waals surface area contributed by atoms with E-state index in [-0.39, 0.29) is 0 Å². The number of hydrogen-bond donors (Lipinski definition) is 1. The lowest BCUT2D eigenvalue weighted by Crippen LogP contribution is -1.91. The van der Waals surface area contributed by atoms with Crippen molar-refractivity contribution >= 4 is 17.2 Å². The number of fused-ring (bicyclic) bond motifs is 1. The van der Waals surface area contributed by atoms with E-state index in [4.69, 9.17) is 5.21 Å². The van der Waals surface area contributed by atoms with Crippen molar-refractivity contribution in [2.75, 3.05) is 0 Å². The van der Waals surface area contributed by atoms with Gasteiger partial charge in [-0.1, -0.05) is 11.2 Å². The largest absolute Gasteiger partial charge is 0.411 e. The van der Waals surface area contributed by atoms with Crippen LogP contribution in [-0.2, 0) is 0 Å². The van der Waals surface area contributed by atoms with Crippen molar-refractivity contribution < 1.29 is 5.21 Å². The van der Waals surface area contributed by atoms with Crippen LogP contribution in [0.4, 0.5) is 0 Å². The molecule has 0 aliphatic rings. The molecule has 1 aromatic carbocycles. The topological polar surface area (TPSA) is 58.4 Å². The first-order valence-electron chi connectivity index (χ1n) is 4.20. The minimum absolute atomic E-state index is 0.547. The lowest BCUT2D eigenvalue weighted by molar-refractivity contribution is 0.321. The summed E-state index contributed by atoms with van der Waals surface area (Å²) in [6, 6.07) is 5.84. The zero-order chi connectivity index (χ0) is 9.97. The van der Waals surface area contributed by atoms with Crippen LogP contribution in [0.5, 0.6) is 0 Å². The Bertz CT molecular complexity index is 494. The van der Waals surface area contributed by atoms with Crippen molar-refractivity contribution in [1.82, 2.24) is 9.97 Å². The molecule has 1 aromatic heterocycles. The number of rotatable bonds is 1. The van der Waals surface area contributed by atoms with E-state index in [0.29, 0.717) is 5.69 Å². The van der Waals surface area contributed by atoms with E-state index in [2.05, 4.69) is 15.1 Å². The van der Waals surface area contributed by atoms with Crippen molar-refractivity contribution in [3.8, 4) is 0 Å². The molecule has 0 amide bonds. The summed E-state index contributed by atoms with van der Waals surface area (Å²) in [6.45, 7) is 1.99. The van der Waals surface area contributed by atoms with Crippen LogP contribution in [0.25, 0.3) is 11.0 Å². The van der Waals surface area contributed by atoms with Crippen LogP contribution in [0, 0.1) is 6.92 Å². The minimum Gasteiger partial charge on any atom is -0.411 e. The molecular formula is C10H9N3O. The van der Waals surface area contributed by atoms with Crippen molar-refractivity contribution in [1.29, 1.82) is 0 Å². The summed E-state index contributed by atoms with van der Waals surface area (Å²) in [5.41, 5.74) is 3.32. The molecular weight excluding hydrogens is 178 g/mol. The van der Waals surface area contributed by atoms with Crippen molar-refractivity contribution in [3.05, 3.63) is 35.7 Å². The van der Waals surface area contributed by atoms with Crippen LogP contribution in [-0.4, -0.2) is 21.4 Å². The molecule has 2 aromatic rings. The molecule has 14 heavy (non-hydrogen) atoms. The van der Waals surface area contributed by atoms with Gasteiger partial charge in [-0.25, -0.2) is 4.98 Å². The van der Waals surface area contributed by atoms with Crippen LogP contribution < -0.4 is 0 Å². The molecule has 0 aliphatic carbocycles. The lowest BCUT2D eigenvalue weighted by Gasteiger charge is -1.98. The van der Waals surface area contributed by atoms with Gasteiger partial charge in [0.25, 0.3) is 0 Å². The highest BCUT2D eigenvalue weighted by atomic mass is 16.4. The fraction of sp³-hybridized carbons (Fsp3) is 0.100. The molecule has 1 heterocycles. The smallest absolute Gasteiger partial charge is 0.104 e. The molecule has 1 N–H and O–H groups in total. The highest BCUT2D eigenvalue weighted by Crippen LogP contribution is 2.10. The van der Waals surface area contributed by atoms with Gasteiger partial charge < -0.3 is 5.21 Å². The summed E-state index contributed by atoms with van der Waals surface area (Å²) < 4.78 is 0. The third-order valence-corrected chi connectivity index (χ3v) is 1.91. The fourth-order valence-corrected chi connectivity index (χ4v) is 1.26. The Labute approximate surface area is 80.9 Å². The average molecular weight is 187 g/mol. The first-order chi connectivity index (χ1) is 6.79. The van der Waals surface area contributed by atoms with Gasteiger partial charge in [-0.3, -0.25) is 4.98 Å². The Morgan fingerprint density at radius 2 is 2.21 bits per heavy atom. The number of oxime groups is 1. The van der Waals surface area contributed by atoms with Crippen molar-refractivity contribution in [2.45, 2.75) is 6.92 Å². The third kappa shape index (κ3) is 1.54. The number of nitrogens with zero attached hydrogens (tertiary/aromatic N) is 3. The summed E-state index contributed by atoms with van der Waals surface area (Å²) in [4.78, 5) is 8.43. The third-order valence-electron chi connectivity index (χ3n) is 1.91. The predicted molar refractivity (Wildman–Crippen MR) is 53.7 cm³/mol. The molecule has 0 unspecified atom stereocenters. The zero-order valence-electron chi connectivity index (χ0n) is 7.68. The maximum atomic E-state index is 8.35. The van der Waals surface area contributed by atoms with Gasteiger partial charge in [0, 0.05) is 0 Å². The molecule has 4 nitrogen and oxygen atoms in total. The molecule has 0 saturated heterocycles. The van der Waals surface area contributed by atoms with Gasteiger partial charge in [0.2, 0.25) is 0 Å². The number of aryl methyl sites for hydroxylation is 1. The quantitative estimate of drug-likeness (QED) is 0.420. The normalized spacial score (nSPS) is 11.2. The molecule has 4 heteroatoms. The van der Waals surface area contributed by atoms with E-state index in [1.807, 2.05) is 25.1 Å². The Balaban J connectivity index is 2.63. The highest BCUT2D eigenvalue weighted by Gasteiger charge is 1.97. The molecule has 2 rings (SSSR count). The summed E-state index contributed by atoms with van der Waals surface area (Å²) >= 11 is 0. The summed E-state index contributed by atoms with van der Waals surface area (Å²) in [5, 5.41) is 11.3. The van der Waals surface area contributed by atoms with Gasteiger partial charge in [0.15, 0.2) is 0 Å². The fourth-order valence-electron chi connectivity index (χ4n) is 1.26. The Hall–Kier alpha value is -1.97. The maximum absolute atomic E-state index is 8.35. The van der Waals surface area contributed by atoms with E-state index in [1.54, 1.807) is 6.20 Å². The lowest BCUT2D eigenvalue weighted by atomic mass is 10.2. The first-order valence-corrected chi connectivity index (χ1v) is 4.20. The van der Waals surface area contributed by atoms with E-state index >= 15 is 0 Å². The Morgan fingerprint density at radius 1 is 1.36 bits per heavy atom. The number of aromatic nitrogens is 2. The first kappa shape index (κ1) is 8.62. The van der Waals surface area contributed by atoms with Gasteiger partial charge in [0.05, 0.1) is 23.4 Å². The molecule has 0 radical (unpaired) electrons. The molecule has 0 bridgehead atoms. The Morgan fingerprint density at radius 3 is 3.00 bits per heavy atom. The molecule has 0 spiro atoms. The number of hydrogen-bond acceptors (Lipinski definition) is 4. The summed E-state index contributed by atoms with van der Waals surface area (Å²) in [7, 11) is 0. The van der Waals surface area contributed by atoms with Crippen LogP contribution in [0.3, 0.4) is 0 Å². The molecule has 0 saturated carbocycles. The second-order valence-electron chi connectivity index (χ2n) is 3.03. The van der Waals surface area contributed by atoms with Crippen LogP contribution in [0.2, 0.25) is 0 Å².